The molecule has 1 amide bonds. The summed E-state index contributed by atoms with van der Waals surface area (Å²) in [5.74, 6) is 0.610. The zero-order chi connectivity index (χ0) is 17.7. The number of hydrogen-bond donors (Lipinski definition) is 2. The van der Waals surface area contributed by atoms with Gasteiger partial charge in [0.1, 0.15) is 0 Å². The molecule has 0 radical (unpaired) electrons. The zero-order valence-electron chi connectivity index (χ0n) is 15.1. The van der Waals surface area contributed by atoms with Gasteiger partial charge in [-0.2, -0.15) is 0 Å². The Hall–Kier alpha value is -2.14. The van der Waals surface area contributed by atoms with E-state index in [-0.39, 0.29) is 23.9 Å². The summed E-state index contributed by atoms with van der Waals surface area (Å²) in [6, 6.07) is 12.0. The van der Waals surface area contributed by atoms with Crippen LogP contribution in [0.2, 0.25) is 0 Å². The van der Waals surface area contributed by atoms with Crippen molar-refractivity contribution in [3.8, 4) is 0 Å². The molecule has 0 bridgehead atoms. The molecule has 0 saturated carbocycles. The maximum absolute atomic E-state index is 12.2. The molecule has 0 saturated heterocycles. The summed E-state index contributed by atoms with van der Waals surface area (Å²) < 4.78 is 5.19. The van der Waals surface area contributed by atoms with E-state index < -0.39 is 0 Å². The van der Waals surface area contributed by atoms with Crippen LogP contribution in [0.4, 0.5) is 5.88 Å². The van der Waals surface area contributed by atoms with E-state index in [2.05, 4.69) is 41.8 Å². The third-order valence-corrected chi connectivity index (χ3v) is 3.85. The molecule has 24 heavy (non-hydrogen) atoms. The average molecular weight is 329 g/mol. The zero-order valence-corrected chi connectivity index (χ0v) is 15.1. The van der Waals surface area contributed by atoms with Crippen LogP contribution >= 0.6 is 0 Å². The monoisotopic (exact) mass is 329 g/mol. The highest BCUT2D eigenvalue weighted by molar-refractivity contribution is 5.91. The molecule has 0 aliphatic heterocycles. The van der Waals surface area contributed by atoms with Gasteiger partial charge in [-0.15, -0.1) is 0 Å². The van der Waals surface area contributed by atoms with Gasteiger partial charge < -0.3 is 9.84 Å². The number of nitrogens with zero attached hydrogens (tertiary/aromatic N) is 1. The summed E-state index contributed by atoms with van der Waals surface area (Å²) in [6.45, 7) is 10.6. The molecular weight excluding hydrogens is 302 g/mol. The lowest BCUT2D eigenvalue weighted by molar-refractivity contribution is -0.115. The van der Waals surface area contributed by atoms with Crippen LogP contribution in [0.25, 0.3) is 0 Å². The predicted molar refractivity (Wildman–Crippen MR) is 95.9 cm³/mol. The number of anilines is 1. The normalized spacial score (nSPS) is 13.1. The molecule has 1 aromatic carbocycles. The molecule has 1 atom stereocenters. The summed E-state index contributed by atoms with van der Waals surface area (Å²) in [5, 5.41) is 10.1. The van der Waals surface area contributed by atoms with E-state index in [9.17, 15) is 4.79 Å². The molecule has 0 aliphatic rings. The Morgan fingerprint density at radius 2 is 1.88 bits per heavy atom. The van der Waals surface area contributed by atoms with Crippen molar-refractivity contribution < 1.29 is 9.32 Å². The van der Waals surface area contributed by atoms with Crippen molar-refractivity contribution in [1.29, 1.82) is 0 Å². The predicted octanol–water partition coefficient (Wildman–Crippen LogP) is 3.90. The highest BCUT2D eigenvalue weighted by Gasteiger charge is 2.20. The summed E-state index contributed by atoms with van der Waals surface area (Å²) in [4.78, 5) is 12.2. The SMILES string of the molecule is CC(C)[C@@H](NCC(=O)Nc1cc(C(C)(C)C)no1)c1ccccc1. The highest BCUT2D eigenvalue weighted by Crippen LogP contribution is 2.24. The fourth-order valence-corrected chi connectivity index (χ4v) is 2.47. The maximum Gasteiger partial charge on any atom is 0.240 e. The van der Waals surface area contributed by atoms with Crippen molar-refractivity contribution in [2.24, 2.45) is 5.92 Å². The Labute approximate surface area is 143 Å². The molecule has 0 fully saturated rings. The number of aromatic nitrogens is 1. The molecule has 2 rings (SSSR count). The Morgan fingerprint density at radius 1 is 1.21 bits per heavy atom. The van der Waals surface area contributed by atoms with Crippen LogP contribution in [0.1, 0.15) is 51.9 Å². The van der Waals surface area contributed by atoms with Gasteiger partial charge >= 0.3 is 0 Å². The van der Waals surface area contributed by atoms with Gasteiger partial charge in [0.15, 0.2) is 0 Å². The van der Waals surface area contributed by atoms with E-state index in [1.807, 2.05) is 39.0 Å². The minimum absolute atomic E-state index is 0.110. The first-order valence-electron chi connectivity index (χ1n) is 8.32. The highest BCUT2D eigenvalue weighted by atomic mass is 16.5. The third-order valence-electron chi connectivity index (χ3n) is 3.85. The van der Waals surface area contributed by atoms with Crippen molar-refractivity contribution in [2.45, 2.75) is 46.1 Å². The molecule has 1 aromatic heterocycles. The number of benzene rings is 1. The lowest BCUT2D eigenvalue weighted by Gasteiger charge is -2.22. The minimum Gasteiger partial charge on any atom is -0.338 e. The average Bonchev–Trinajstić information content (AvgIpc) is 2.97. The molecule has 2 aromatic rings. The van der Waals surface area contributed by atoms with Gasteiger partial charge in [-0.1, -0.05) is 70.1 Å². The van der Waals surface area contributed by atoms with E-state index >= 15 is 0 Å². The summed E-state index contributed by atoms with van der Waals surface area (Å²) in [7, 11) is 0. The number of carbonyl (C=O) groups is 1. The molecule has 1 heterocycles. The number of carbonyl (C=O) groups excluding carboxylic acids is 1. The minimum atomic E-state index is -0.145. The first kappa shape index (κ1) is 18.2. The smallest absolute Gasteiger partial charge is 0.240 e. The molecule has 0 unspecified atom stereocenters. The van der Waals surface area contributed by atoms with Crippen molar-refractivity contribution >= 4 is 11.8 Å². The topological polar surface area (TPSA) is 67.2 Å². The van der Waals surface area contributed by atoms with E-state index in [4.69, 9.17) is 4.52 Å². The molecule has 5 heteroatoms. The van der Waals surface area contributed by atoms with Crippen LogP contribution in [-0.4, -0.2) is 17.6 Å². The quantitative estimate of drug-likeness (QED) is 0.843. The van der Waals surface area contributed by atoms with Crippen molar-refractivity contribution in [3.05, 3.63) is 47.7 Å². The largest absolute Gasteiger partial charge is 0.338 e. The summed E-state index contributed by atoms with van der Waals surface area (Å²) in [6.07, 6.45) is 0. The Balaban J connectivity index is 1.93. The van der Waals surface area contributed by atoms with Crippen molar-refractivity contribution in [2.75, 3.05) is 11.9 Å². The lowest BCUT2D eigenvalue weighted by atomic mass is 9.92. The lowest BCUT2D eigenvalue weighted by Crippen LogP contribution is -2.33. The van der Waals surface area contributed by atoms with Gasteiger partial charge in [0.25, 0.3) is 0 Å². The Bertz CT molecular complexity index is 657. The van der Waals surface area contributed by atoms with E-state index in [1.54, 1.807) is 6.07 Å². The van der Waals surface area contributed by atoms with Crippen LogP contribution in [0.5, 0.6) is 0 Å². The van der Waals surface area contributed by atoms with Gasteiger partial charge in [0, 0.05) is 17.5 Å². The van der Waals surface area contributed by atoms with Gasteiger partial charge in [-0.25, -0.2) is 0 Å². The maximum atomic E-state index is 12.2. The van der Waals surface area contributed by atoms with E-state index in [0.717, 1.165) is 5.69 Å². The first-order chi connectivity index (χ1) is 11.3. The van der Waals surface area contributed by atoms with Crippen LogP contribution < -0.4 is 10.6 Å². The van der Waals surface area contributed by atoms with Gasteiger partial charge in [-0.05, 0) is 11.5 Å². The molecule has 0 aliphatic carbocycles. The van der Waals surface area contributed by atoms with Gasteiger partial charge in [0.05, 0.1) is 12.2 Å². The van der Waals surface area contributed by atoms with Crippen molar-refractivity contribution in [1.82, 2.24) is 10.5 Å². The van der Waals surface area contributed by atoms with Crippen molar-refractivity contribution in [3.63, 3.8) is 0 Å². The molecule has 0 spiro atoms. The van der Waals surface area contributed by atoms with E-state index in [0.29, 0.717) is 11.8 Å². The number of rotatable bonds is 6. The van der Waals surface area contributed by atoms with Crippen LogP contribution in [0.15, 0.2) is 40.9 Å². The standard InChI is InChI=1S/C19H27N3O2/c1-13(2)18(14-9-7-6-8-10-14)20-12-16(23)21-17-11-15(22-24-17)19(3,4)5/h6-11,13,18,20H,12H2,1-5H3,(H,21,23)/t18-/m1/s1. The third kappa shape index (κ3) is 4.93. The van der Waals surface area contributed by atoms with Crippen LogP contribution in [-0.2, 0) is 10.2 Å². The second-order valence-corrected chi connectivity index (χ2v) is 7.39. The van der Waals surface area contributed by atoms with Crippen LogP contribution in [0, 0.1) is 5.92 Å². The Morgan fingerprint density at radius 3 is 2.42 bits per heavy atom. The fraction of sp³-hybridized carbons (Fsp3) is 0.474. The fourth-order valence-electron chi connectivity index (χ4n) is 2.47. The molecule has 5 nitrogen and oxygen atoms in total. The van der Waals surface area contributed by atoms with E-state index in [1.165, 1.54) is 5.56 Å². The first-order valence-corrected chi connectivity index (χ1v) is 8.32. The number of nitrogens with one attached hydrogen (secondary N) is 2. The van der Waals surface area contributed by atoms with Gasteiger partial charge in [-0.3, -0.25) is 10.1 Å². The molecule has 2 N–H and O–H groups in total. The number of amides is 1. The Kier molecular flexibility index (Phi) is 5.78. The molecular formula is C19H27N3O2. The second kappa shape index (κ2) is 7.62. The number of hydrogen-bond acceptors (Lipinski definition) is 4. The second-order valence-electron chi connectivity index (χ2n) is 7.39. The van der Waals surface area contributed by atoms with Gasteiger partial charge in [0.2, 0.25) is 11.8 Å². The summed E-state index contributed by atoms with van der Waals surface area (Å²) >= 11 is 0. The summed E-state index contributed by atoms with van der Waals surface area (Å²) in [5.41, 5.74) is 1.88. The van der Waals surface area contributed by atoms with Crippen LogP contribution in [0.3, 0.4) is 0 Å². The molecule has 130 valence electrons.